The van der Waals surface area contributed by atoms with Crippen LogP contribution in [0.3, 0.4) is 0 Å². The van der Waals surface area contributed by atoms with Crippen LogP contribution in [0.15, 0.2) is 30.3 Å². The van der Waals surface area contributed by atoms with Gasteiger partial charge in [-0.3, -0.25) is 14.3 Å². The van der Waals surface area contributed by atoms with Gasteiger partial charge in [-0.2, -0.15) is 5.10 Å². The third kappa shape index (κ3) is 4.22. The SMILES string of the molecule is COCCC1(NC(=O)c2ccc(F)cc2)CCN(C(=O)c2cc(C)nn2C)C1. The van der Waals surface area contributed by atoms with Crippen molar-refractivity contribution >= 4 is 11.8 Å². The van der Waals surface area contributed by atoms with Crippen molar-refractivity contribution in [2.45, 2.75) is 25.3 Å². The molecular weight excluding hydrogens is 363 g/mol. The number of rotatable bonds is 6. The summed E-state index contributed by atoms with van der Waals surface area (Å²) < 4.78 is 19.9. The van der Waals surface area contributed by atoms with Gasteiger partial charge in [-0.1, -0.05) is 0 Å². The zero-order chi connectivity index (χ0) is 20.3. The van der Waals surface area contributed by atoms with Gasteiger partial charge < -0.3 is 15.0 Å². The number of carbonyl (C=O) groups excluding carboxylic acids is 2. The smallest absolute Gasteiger partial charge is 0.272 e. The number of aromatic nitrogens is 2. The van der Waals surface area contributed by atoms with Gasteiger partial charge in [0.2, 0.25) is 0 Å². The quantitative estimate of drug-likeness (QED) is 0.820. The molecule has 1 aliphatic rings. The van der Waals surface area contributed by atoms with Crippen LogP contribution in [0.5, 0.6) is 0 Å². The lowest BCUT2D eigenvalue weighted by molar-refractivity contribution is 0.0738. The van der Waals surface area contributed by atoms with Gasteiger partial charge in [0.05, 0.1) is 11.2 Å². The standard InChI is InChI=1S/C20H25FN4O3/c1-14-12-17(24(2)23-14)19(27)25-10-8-20(13-25,9-11-28-3)22-18(26)15-4-6-16(21)7-5-15/h4-7,12H,8-11,13H2,1-3H3,(H,22,26). The van der Waals surface area contributed by atoms with Gasteiger partial charge in [-0.05, 0) is 50.1 Å². The highest BCUT2D eigenvalue weighted by Crippen LogP contribution is 2.27. The summed E-state index contributed by atoms with van der Waals surface area (Å²) in [6.07, 6.45) is 1.19. The summed E-state index contributed by atoms with van der Waals surface area (Å²) in [4.78, 5) is 27.3. The van der Waals surface area contributed by atoms with E-state index in [2.05, 4.69) is 10.4 Å². The number of methoxy groups -OCH3 is 1. The van der Waals surface area contributed by atoms with E-state index in [9.17, 15) is 14.0 Å². The number of aryl methyl sites for hydroxylation is 2. The Kier molecular flexibility index (Phi) is 5.79. The van der Waals surface area contributed by atoms with Gasteiger partial charge in [0, 0.05) is 39.4 Å². The lowest BCUT2D eigenvalue weighted by atomic mass is 9.94. The zero-order valence-electron chi connectivity index (χ0n) is 16.4. The molecule has 2 amide bonds. The molecule has 150 valence electrons. The number of carbonyl (C=O) groups is 2. The van der Waals surface area contributed by atoms with E-state index in [0.29, 0.717) is 43.8 Å². The topological polar surface area (TPSA) is 76.5 Å². The molecule has 28 heavy (non-hydrogen) atoms. The van der Waals surface area contributed by atoms with Gasteiger partial charge in [0.1, 0.15) is 11.5 Å². The van der Waals surface area contributed by atoms with Crippen molar-refractivity contribution in [1.82, 2.24) is 20.0 Å². The van der Waals surface area contributed by atoms with Crippen LogP contribution in [-0.2, 0) is 11.8 Å². The zero-order valence-corrected chi connectivity index (χ0v) is 16.4. The molecule has 1 saturated heterocycles. The lowest BCUT2D eigenvalue weighted by Gasteiger charge is -2.30. The average molecular weight is 388 g/mol. The van der Waals surface area contributed by atoms with Crippen LogP contribution in [-0.4, -0.2) is 58.8 Å². The Bertz CT molecular complexity index is 865. The lowest BCUT2D eigenvalue weighted by Crippen LogP contribution is -2.51. The summed E-state index contributed by atoms with van der Waals surface area (Å²) in [5.74, 6) is -0.796. The molecule has 2 heterocycles. The number of hydrogen-bond donors (Lipinski definition) is 1. The Morgan fingerprint density at radius 1 is 1.32 bits per heavy atom. The van der Waals surface area contributed by atoms with Crippen molar-refractivity contribution in [1.29, 1.82) is 0 Å². The first-order chi connectivity index (χ1) is 13.3. The number of benzene rings is 1. The van der Waals surface area contributed by atoms with Crippen molar-refractivity contribution in [3.63, 3.8) is 0 Å². The molecule has 0 aliphatic carbocycles. The fraction of sp³-hybridized carbons (Fsp3) is 0.450. The van der Waals surface area contributed by atoms with E-state index < -0.39 is 11.4 Å². The van der Waals surface area contributed by atoms with Crippen LogP contribution in [0, 0.1) is 12.7 Å². The Morgan fingerprint density at radius 2 is 2.04 bits per heavy atom. The predicted molar refractivity (Wildman–Crippen MR) is 102 cm³/mol. The van der Waals surface area contributed by atoms with Crippen LogP contribution in [0.2, 0.25) is 0 Å². The Hall–Kier alpha value is -2.74. The molecule has 1 unspecified atom stereocenters. The molecule has 1 atom stereocenters. The Balaban J connectivity index is 1.76. The van der Waals surface area contributed by atoms with Crippen LogP contribution in [0.25, 0.3) is 0 Å². The third-order valence-electron chi connectivity index (χ3n) is 5.13. The maximum atomic E-state index is 13.1. The molecule has 3 rings (SSSR count). The molecular formula is C20H25FN4O3. The number of halogens is 1. The highest BCUT2D eigenvalue weighted by atomic mass is 19.1. The van der Waals surface area contributed by atoms with E-state index in [1.54, 1.807) is 29.8 Å². The maximum Gasteiger partial charge on any atom is 0.272 e. The van der Waals surface area contributed by atoms with E-state index in [-0.39, 0.29) is 11.8 Å². The van der Waals surface area contributed by atoms with Crippen molar-refractivity contribution in [2.24, 2.45) is 7.05 Å². The molecule has 8 heteroatoms. The first-order valence-electron chi connectivity index (χ1n) is 9.20. The maximum absolute atomic E-state index is 13.1. The molecule has 0 bridgehead atoms. The van der Waals surface area contributed by atoms with Crippen molar-refractivity contribution in [3.05, 3.63) is 53.1 Å². The molecule has 1 N–H and O–H groups in total. The third-order valence-corrected chi connectivity index (χ3v) is 5.13. The molecule has 1 aromatic carbocycles. The summed E-state index contributed by atoms with van der Waals surface area (Å²) in [7, 11) is 3.34. The van der Waals surface area contributed by atoms with Crippen molar-refractivity contribution in [2.75, 3.05) is 26.8 Å². The van der Waals surface area contributed by atoms with Gasteiger partial charge in [0.25, 0.3) is 11.8 Å². The average Bonchev–Trinajstić information content (AvgIpc) is 3.23. The highest BCUT2D eigenvalue weighted by molar-refractivity contribution is 5.95. The minimum absolute atomic E-state index is 0.113. The Morgan fingerprint density at radius 3 is 2.64 bits per heavy atom. The van der Waals surface area contributed by atoms with Gasteiger partial charge in [-0.25, -0.2) is 4.39 Å². The van der Waals surface area contributed by atoms with Crippen LogP contribution in [0.1, 0.15) is 39.4 Å². The first kappa shape index (κ1) is 20.0. The number of nitrogens with one attached hydrogen (secondary N) is 1. The van der Waals surface area contributed by atoms with E-state index in [1.807, 2.05) is 6.92 Å². The van der Waals surface area contributed by atoms with E-state index in [1.165, 1.54) is 24.3 Å². The van der Waals surface area contributed by atoms with Crippen LogP contribution in [0.4, 0.5) is 4.39 Å². The van der Waals surface area contributed by atoms with Crippen LogP contribution < -0.4 is 5.32 Å². The molecule has 7 nitrogen and oxygen atoms in total. The number of ether oxygens (including phenoxy) is 1. The normalized spacial score (nSPS) is 19.1. The fourth-order valence-corrected chi connectivity index (χ4v) is 3.60. The number of amides is 2. The number of hydrogen-bond acceptors (Lipinski definition) is 4. The second-order valence-corrected chi connectivity index (χ2v) is 7.26. The first-order valence-corrected chi connectivity index (χ1v) is 9.20. The van der Waals surface area contributed by atoms with E-state index >= 15 is 0 Å². The van der Waals surface area contributed by atoms with Crippen LogP contribution >= 0.6 is 0 Å². The molecule has 1 aliphatic heterocycles. The van der Waals surface area contributed by atoms with Gasteiger partial charge >= 0.3 is 0 Å². The number of nitrogens with zero attached hydrogens (tertiary/aromatic N) is 3. The molecule has 0 radical (unpaired) electrons. The second kappa shape index (κ2) is 8.10. The summed E-state index contributed by atoms with van der Waals surface area (Å²) >= 11 is 0. The number of likely N-dealkylation sites (tertiary alicyclic amines) is 1. The van der Waals surface area contributed by atoms with E-state index in [0.717, 1.165) is 5.69 Å². The minimum atomic E-state index is -0.592. The fourth-order valence-electron chi connectivity index (χ4n) is 3.60. The van der Waals surface area contributed by atoms with Gasteiger partial charge in [-0.15, -0.1) is 0 Å². The molecule has 1 aromatic heterocycles. The predicted octanol–water partition coefficient (Wildman–Crippen LogP) is 1.92. The molecule has 2 aromatic rings. The Labute approximate surface area is 163 Å². The molecule has 0 spiro atoms. The monoisotopic (exact) mass is 388 g/mol. The largest absolute Gasteiger partial charge is 0.385 e. The van der Waals surface area contributed by atoms with Gasteiger partial charge in [0.15, 0.2) is 0 Å². The molecule has 1 fully saturated rings. The summed E-state index contributed by atoms with van der Waals surface area (Å²) in [6.45, 7) is 3.20. The summed E-state index contributed by atoms with van der Waals surface area (Å²) in [6, 6.07) is 7.17. The molecule has 0 saturated carbocycles. The van der Waals surface area contributed by atoms with Crippen molar-refractivity contribution < 1.29 is 18.7 Å². The minimum Gasteiger partial charge on any atom is -0.385 e. The summed E-state index contributed by atoms with van der Waals surface area (Å²) in [5, 5.41) is 7.29. The van der Waals surface area contributed by atoms with Crippen molar-refractivity contribution in [3.8, 4) is 0 Å². The second-order valence-electron chi connectivity index (χ2n) is 7.26. The highest BCUT2D eigenvalue weighted by Gasteiger charge is 2.41. The summed E-state index contributed by atoms with van der Waals surface area (Å²) in [5.41, 5.74) is 1.08. The van der Waals surface area contributed by atoms with E-state index in [4.69, 9.17) is 4.74 Å².